The molecule has 0 atom stereocenters. The first-order chi connectivity index (χ1) is 9.40. The minimum Gasteiger partial charge on any atom is -0.341 e. The SMILES string of the molecule is CC(=O)ONC(=N)NN=Cc1ccc(Br)c([N+](=O)[O-])c1. The van der Waals surface area contributed by atoms with Gasteiger partial charge < -0.3 is 4.84 Å². The summed E-state index contributed by atoms with van der Waals surface area (Å²) in [7, 11) is 0. The first-order valence-electron chi connectivity index (χ1n) is 5.15. The van der Waals surface area contributed by atoms with E-state index < -0.39 is 10.9 Å². The van der Waals surface area contributed by atoms with Gasteiger partial charge in [0, 0.05) is 18.6 Å². The van der Waals surface area contributed by atoms with E-state index in [1.165, 1.54) is 25.3 Å². The fourth-order valence-electron chi connectivity index (χ4n) is 1.07. The number of carbonyl (C=O) groups excluding carboxylic acids is 1. The third-order valence-corrected chi connectivity index (χ3v) is 2.52. The zero-order valence-electron chi connectivity index (χ0n) is 10.2. The van der Waals surface area contributed by atoms with Gasteiger partial charge in [-0.3, -0.25) is 20.3 Å². The molecule has 0 saturated carbocycles. The summed E-state index contributed by atoms with van der Waals surface area (Å²) < 4.78 is 0.358. The topological polar surface area (TPSA) is 130 Å². The highest BCUT2D eigenvalue weighted by atomic mass is 79.9. The highest BCUT2D eigenvalue weighted by Crippen LogP contribution is 2.24. The van der Waals surface area contributed by atoms with Crippen molar-refractivity contribution in [3.05, 3.63) is 38.3 Å². The van der Waals surface area contributed by atoms with E-state index in [4.69, 9.17) is 5.41 Å². The monoisotopic (exact) mass is 343 g/mol. The Morgan fingerprint density at radius 3 is 2.90 bits per heavy atom. The predicted molar refractivity (Wildman–Crippen MR) is 74.2 cm³/mol. The van der Waals surface area contributed by atoms with Crippen LogP contribution < -0.4 is 10.9 Å². The van der Waals surface area contributed by atoms with E-state index in [0.29, 0.717) is 10.0 Å². The molecule has 0 aliphatic heterocycles. The third kappa shape index (κ3) is 5.02. The Balaban J connectivity index is 2.62. The third-order valence-electron chi connectivity index (χ3n) is 1.85. The molecule has 1 aromatic carbocycles. The molecule has 3 N–H and O–H groups in total. The van der Waals surface area contributed by atoms with Crippen LogP contribution >= 0.6 is 15.9 Å². The van der Waals surface area contributed by atoms with Crippen molar-refractivity contribution in [2.24, 2.45) is 5.10 Å². The molecule has 1 aromatic rings. The van der Waals surface area contributed by atoms with E-state index in [1.807, 2.05) is 5.48 Å². The summed E-state index contributed by atoms with van der Waals surface area (Å²) in [6.07, 6.45) is 1.28. The summed E-state index contributed by atoms with van der Waals surface area (Å²) in [5, 5.41) is 21.6. The Hall–Kier alpha value is -2.49. The molecule has 0 bridgehead atoms. The first-order valence-corrected chi connectivity index (χ1v) is 5.94. The van der Waals surface area contributed by atoms with Crippen LogP contribution in [0.4, 0.5) is 5.69 Å². The van der Waals surface area contributed by atoms with Gasteiger partial charge in [0.2, 0.25) is 5.96 Å². The lowest BCUT2D eigenvalue weighted by atomic mass is 10.2. The smallest absolute Gasteiger partial charge is 0.329 e. The summed E-state index contributed by atoms with van der Waals surface area (Å²) in [5.74, 6) is -0.966. The van der Waals surface area contributed by atoms with Crippen LogP contribution in [0, 0.1) is 15.5 Å². The molecule has 106 valence electrons. The number of guanidine groups is 1. The molecule has 0 unspecified atom stereocenters. The number of nitro benzene ring substituents is 1. The average molecular weight is 344 g/mol. The second-order valence-corrected chi connectivity index (χ2v) is 4.26. The Morgan fingerprint density at radius 2 is 2.30 bits per heavy atom. The molecule has 0 spiro atoms. The highest BCUT2D eigenvalue weighted by molar-refractivity contribution is 9.10. The molecule has 0 aromatic heterocycles. The lowest BCUT2D eigenvalue weighted by Crippen LogP contribution is -2.34. The average Bonchev–Trinajstić information content (AvgIpc) is 2.38. The van der Waals surface area contributed by atoms with E-state index in [-0.39, 0.29) is 11.6 Å². The van der Waals surface area contributed by atoms with E-state index in [1.54, 1.807) is 6.07 Å². The van der Waals surface area contributed by atoms with Crippen LogP contribution in [0.2, 0.25) is 0 Å². The van der Waals surface area contributed by atoms with Gasteiger partial charge in [-0.15, -0.1) is 0 Å². The van der Waals surface area contributed by atoms with Crippen LogP contribution in [0.1, 0.15) is 12.5 Å². The van der Waals surface area contributed by atoms with Gasteiger partial charge in [-0.05, 0) is 22.0 Å². The maximum atomic E-state index is 10.7. The first kappa shape index (κ1) is 15.6. The van der Waals surface area contributed by atoms with Gasteiger partial charge in [0.05, 0.1) is 15.6 Å². The summed E-state index contributed by atoms with van der Waals surface area (Å²) in [6.45, 7) is 1.17. The molecule has 9 nitrogen and oxygen atoms in total. The van der Waals surface area contributed by atoms with Gasteiger partial charge in [-0.25, -0.2) is 5.43 Å². The minimum atomic E-state index is -0.607. The molecule has 0 aliphatic rings. The van der Waals surface area contributed by atoms with Crippen LogP contribution in [-0.4, -0.2) is 23.1 Å². The molecule has 0 aliphatic carbocycles. The minimum absolute atomic E-state index is 0.0953. The Morgan fingerprint density at radius 1 is 1.60 bits per heavy atom. The van der Waals surface area contributed by atoms with Crippen molar-refractivity contribution in [2.75, 3.05) is 0 Å². The van der Waals surface area contributed by atoms with Gasteiger partial charge in [0.15, 0.2) is 0 Å². The van der Waals surface area contributed by atoms with Crippen molar-refractivity contribution in [1.82, 2.24) is 10.9 Å². The van der Waals surface area contributed by atoms with Crippen LogP contribution in [0.15, 0.2) is 27.8 Å². The number of rotatable bonds is 3. The molecule has 0 amide bonds. The molecular formula is C10H10BrN5O4. The van der Waals surface area contributed by atoms with Crippen LogP contribution in [0.3, 0.4) is 0 Å². The van der Waals surface area contributed by atoms with Crippen molar-refractivity contribution < 1.29 is 14.6 Å². The number of nitro groups is 1. The fourth-order valence-corrected chi connectivity index (χ4v) is 1.46. The maximum absolute atomic E-state index is 10.7. The summed E-state index contributed by atoms with van der Waals surface area (Å²) in [4.78, 5) is 25.0. The van der Waals surface area contributed by atoms with Crippen molar-refractivity contribution in [3.8, 4) is 0 Å². The highest BCUT2D eigenvalue weighted by Gasteiger charge is 2.11. The quantitative estimate of drug-likeness (QED) is 0.328. The number of hydrogen-bond acceptors (Lipinski definition) is 6. The molecular weight excluding hydrogens is 334 g/mol. The van der Waals surface area contributed by atoms with Gasteiger partial charge in [0.1, 0.15) is 0 Å². The lowest BCUT2D eigenvalue weighted by molar-refractivity contribution is -0.385. The zero-order valence-corrected chi connectivity index (χ0v) is 11.8. The summed E-state index contributed by atoms with van der Waals surface area (Å²) in [5.41, 5.74) is 4.60. The van der Waals surface area contributed by atoms with Crippen molar-refractivity contribution >= 4 is 39.8 Å². The molecule has 0 fully saturated rings. The van der Waals surface area contributed by atoms with Gasteiger partial charge in [-0.1, -0.05) is 6.07 Å². The summed E-state index contributed by atoms with van der Waals surface area (Å²) >= 11 is 3.06. The van der Waals surface area contributed by atoms with Gasteiger partial charge in [-0.2, -0.15) is 10.6 Å². The van der Waals surface area contributed by atoms with Crippen LogP contribution in [0.5, 0.6) is 0 Å². The second kappa shape index (κ2) is 7.19. The van der Waals surface area contributed by atoms with E-state index in [9.17, 15) is 14.9 Å². The standard InChI is InChI=1S/C10H10BrN5O4/c1-6(17)20-15-10(12)14-13-5-7-2-3-8(11)9(4-7)16(18)19/h2-5H,1H3,(H3,12,14,15). The van der Waals surface area contributed by atoms with Crippen molar-refractivity contribution in [1.29, 1.82) is 5.41 Å². The lowest BCUT2D eigenvalue weighted by Gasteiger charge is -2.04. The molecule has 10 heteroatoms. The van der Waals surface area contributed by atoms with Crippen molar-refractivity contribution in [2.45, 2.75) is 6.92 Å². The number of carbonyl (C=O) groups is 1. The molecule has 20 heavy (non-hydrogen) atoms. The van der Waals surface area contributed by atoms with E-state index >= 15 is 0 Å². The largest absolute Gasteiger partial charge is 0.341 e. The number of nitrogens with zero attached hydrogens (tertiary/aromatic N) is 2. The van der Waals surface area contributed by atoms with Crippen LogP contribution in [-0.2, 0) is 9.63 Å². The predicted octanol–water partition coefficient (Wildman–Crippen LogP) is 1.28. The van der Waals surface area contributed by atoms with Gasteiger partial charge >= 0.3 is 5.97 Å². The van der Waals surface area contributed by atoms with E-state index in [0.717, 1.165) is 0 Å². The number of halogens is 1. The van der Waals surface area contributed by atoms with E-state index in [2.05, 4.69) is 31.3 Å². The number of nitrogens with one attached hydrogen (secondary N) is 3. The number of benzene rings is 1. The fraction of sp³-hybridized carbons (Fsp3) is 0.100. The number of hydroxylamine groups is 1. The molecule has 0 radical (unpaired) electrons. The second-order valence-electron chi connectivity index (χ2n) is 3.41. The molecule has 0 heterocycles. The number of hydrogen-bond donors (Lipinski definition) is 3. The zero-order chi connectivity index (χ0) is 15.1. The maximum Gasteiger partial charge on any atom is 0.329 e. The summed E-state index contributed by atoms with van der Waals surface area (Å²) in [6, 6.07) is 4.44. The Kier molecular flexibility index (Phi) is 5.59. The van der Waals surface area contributed by atoms with Gasteiger partial charge in [0.25, 0.3) is 5.69 Å². The molecule has 1 rings (SSSR count). The number of hydrazone groups is 1. The van der Waals surface area contributed by atoms with Crippen LogP contribution in [0.25, 0.3) is 0 Å². The Bertz CT molecular complexity index is 575. The Labute approximate surface area is 121 Å². The molecule has 0 saturated heterocycles. The normalized spacial score (nSPS) is 10.1. The van der Waals surface area contributed by atoms with Crippen molar-refractivity contribution in [3.63, 3.8) is 0 Å².